The highest BCUT2D eigenvalue weighted by atomic mass is 19.4. The Morgan fingerprint density at radius 1 is 0.933 bits per heavy atom. The molecule has 0 bridgehead atoms. The third-order valence-corrected chi connectivity index (χ3v) is 5.42. The second-order valence-electron chi connectivity index (χ2n) is 8.74. The Morgan fingerprint density at radius 3 is 2.09 bits per heavy atom. The first-order valence-corrected chi connectivity index (χ1v) is 13.4. The number of halogens is 7. The smallest absolute Gasteiger partial charge is 0.406 e. The summed E-state index contributed by atoms with van der Waals surface area (Å²) in [4.78, 5) is 10.5. The quantitative estimate of drug-likeness (QED) is 0.0749. The number of amidine groups is 1. The van der Waals surface area contributed by atoms with Crippen molar-refractivity contribution in [3.63, 3.8) is 0 Å². The topological polar surface area (TPSA) is 92.1 Å². The molecule has 0 aliphatic carbocycles. The minimum atomic E-state index is -4.92. The first kappa shape index (κ1) is 36.8. The Bertz CT molecular complexity index is 1330. The molecule has 0 aliphatic rings. The van der Waals surface area contributed by atoms with Gasteiger partial charge in [0.1, 0.15) is 23.2 Å². The fourth-order valence-corrected chi connectivity index (χ4v) is 3.40. The van der Waals surface area contributed by atoms with Gasteiger partial charge in [-0.1, -0.05) is 13.2 Å². The molecule has 2 N–H and O–H groups in total. The fraction of sp³-hybridized carbons (Fsp3) is 0.345. The fourth-order valence-electron chi connectivity index (χ4n) is 3.40. The molecular formula is C29H33F7N6O3. The number of aliphatic imine (C=N–C) groups is 2. The summed E-state index contributed by atoms with van der Waals surface area (Å²) in [6, 6.07) is 7.30. The van der Waals surface area contributed by atoms with Crippen molar-refractivity contribution in [3.05, 3.63) is 84.5 Å². The van der Waals surface area contributed by atoms with E-state index in [0.717, 1.165) is 18.2 Å². The van der Waals surface area contributed by atoms with Gasteiger partial charge in [-0.15, -0.1) is 13.2 Å². The maximum atomic E-state index is 13.8. The number of alkyl halides is 6. The highest BCUT2D eigenvalue weighted by molar-refractivity contribution is 6.02. The second kappa shape index (κ2) is 17.8. The lowest BCUT2D eigenvalue weighted by molar-refractivity contribution is -0.274. The van der Waals surface area contributed by atoms with Gasteiger partial charge < -0.3 is 24.4 Å². The van der Waals surface area contributed by atoms with Gasteiger partial charge >= 0.3 is 12.5 Å². The highest BCUT2D eigenvalue weighted by Crippen LogP contribution is 2.33. The summed E-state index contributed by atoms with van der Waals surface area (Å²) in [7, 11) is 0. The van der Waals surface area contributed by atoms with Gasteiger partial charge in [-0.25, -0.2) is 4.39 Å². The number of benzene rings is 2. The van der Waals surface area contributed by atoms with Crippen molar-refractivity contribution in [2.45, 2.75) is 26.4 Å². The molecule has 0 amide bonds. The molecule has 246 valence electrons. The lowest BCUT2D eigenvalue weighted by atomic mass is 10.2. The summed E-state index contributed by atoms with van der Waals surface area (Å²) in [6.07, 6.45) is -7.12. The van der Waals surface area contributed by atoms with Gasteiger partial charge in [0.25, 0.3) is 0 Å². The molecule has 0 aliphatic heterocycles. The maximum absolute atomic E-state index is 13.8. The Labute approximate surface area is 255 Å². The third-order valence-electron chi connectivity index (χ3n) is 5.42. The van der Waals surface area contributed by atoms with E-state index in [1.54, 1.807) is 4.90 Å². The molecular weight excluding hydrogens is 613 g/mol. The minimum Gasteiger partial charge on any atom is -0.406 e. The van der Waals surface area contributed by atoms with Crippen molar-refractivity contribution in [2.75, 3.05) is 44.8 Å². The number of guanidine groups is 1. The van der Waals surface area contributed by atoms with Crippen molar-refractivity contribution in [2.24, 2.45) is 15.1 Å². The van der Waals surface area contributed by atoms with Crippen LogP contribution < -0.4 is 15.5 Å². The number of hydrazone groups is 1. The van der Waals surface area contributed by atoms with Crippen LogP contribution in [0.15, 0.2) is 82.6 Å². The van der Waals surface area contributed by atoms with Crippen molar-refractivity contribution < 1.29 is 44.9 Å². The minimum absolute atomic E-state index is 0.0244. The Kier molecular flexibility index (Phi) is 14.5. The molecule has 0 fully saturated rings. The molecule has 9 nitrogen and oxygen atoms in total. The molecule has 0 saturated heterocycles. The van der Waals surface area contributed by atoms with E-state index in [1.807, 2.05) is 13.8 Å². The van der Waals surface area contributed by atoms with Crippen LogP contribution in [0.4, 0.5) is 36.4 Å². The summed E-state index contributed by atoms with van der Waals surface area (Å²) in [5, 5.41) is 6.64. The molecule has 0 spiro atoms. The van der Waals surface area contributed by atoms with Gasteiger partial charge in [0.15, 0.2) is 0 Å². The van der Waals surface area contributed by atoms with E-state index in [2.05, 4.69) is 43.7 Å². The van der Waals surface area contributed by atoms with Crippen molar-refractivity contribution in [1.29, 1.82) is 0 Å². The van der Waals surface area contributed by atoms with Gasteiger partial charge in [-0.2, -0.15) is 28.3 Å². The zero-order valence-electron chi connectivity index (χ0n) is 24.5. The van der Waals surface area contributed by atoms with Crippen molar-refractivity contribution >= 4 is 23.7 Å². The molecule has 0 saturated carbocycles. The monoisotopic (exact) mass is 646 g/mol. The molecule has 0 radical (unpaired) electrons. The van der Waals surface area contributed by atoms with Crippen LogP contribution in [-0.2, 0) is 15.7 Å². The largest absolute Gasteiger partial charge is 0.573 e. The number of hydrogen-bond donors (Lipinski definition) is 2. The Hall–Kier alpha value is -4.44. The number of rotatable bonds is 15. The molecule has 45 heavy (non-hydrogen) atoms. The van der Waals surface area contributed by atoms with E-state index in [1.165, 1.54) is 24.4 Å². The Morgan fingerprint density at radius 2 is 1.56 bits per heavy atom. The van der Waals surface area contributed by atoms with Crippen LogP contribution in [0.3, 0.4) is 0 Å². The van der Waals surface area contributed by atoms with Gasteiger partial charge in [0.05, 0.1) is 25.0 Å². The van der Waals surface area contributed by atoms with Crippen LogP contribution in [0.25, 0.3) is 0 Å². The zero-order chi connectivity index (χ0) is 33.5. The number of hydrogen-bond acceptors (Lipinski definition) is 6. The van der Waals surface area contributed by atoms with Gasteiger partial charge in [0.2, 0.25) is 5.96 Å². The van der Waals surface area contributed by atoms with Crippen LogP contribution >= 0.6 is 0 Å². The molecule has 0 aromatic heterocycles. The summed E-state index contributed by atoms with van der Waals surface area (Å²) >= 11 is 0. The average molecular weight is 647 g/mol. The molecule has 0 heterocycles. The number of nitrogens with one attached hydrogen (secondary N) is 2. The standard InChI is InChI=1S/C29H33F7N6O3/c1-5-26(41-37-19-21-8-11-23(12-9-21)45-29(34,35)36)40-27(42(14-16-43-6-2)15-17-44-7-3)39-20(4)38-22-10-13-25(30)24(18-22)28(31,32)33/h5,8-13,18-19,38H,1,4,6-7,14-17H2,2-3H3,(H,39,40,41)/b37-19+. The highest BCUT2D eigenvalue weighted by Gasteiger charge is 2.34. The number of nitrogens with zero attached hydrogens (tertiary/aromatic N) is 4. The SMILES string of the molecule is C=C/C(=N\C(=N/C(=C)Nc1ccc(F)c(C(F)(F)F)c1)N(CCOCC)CCOCC)N/N=C/c1ccc(OC(F)(F)F)cc1. The summed E-state index contributed by atoms with van der Waals surface area (Å²) < 4.78 is 105. The third kappa shape index (κ3) is 13.8. The van der Waals surface area contributed by atoms with E-state index in [-0.39, 0.29) is 49.6 Å². The molecule has 16 heteroatoms. The van der Waals surface area contributed by atoms with E-state index in [9.17, 15) is 30.7 Å². The van der Waals surface area contributed by atoms with Crippen LogP contribution in [0.2, 0.25) is 0 Å². The van der Waals surface area contributed by atoms with E-state index < -0.39 is 29.7 Å². The predicted octanol–water partition coefficient (Wildman–Crippen LogP) is 6.57. The van der Waals surface area contributed by atoms with Gasteiger partial charge in [0, 0.05) is 32.0 Å². The summed E-state index contributed by atoms with van der Waals surface area (Å²) in [5.41, 5.74) is 1.50. The molecule has 2 rings (SSSR count). The van der Waals surface area contributed by atoms with Gasteiger partial charge in [-0.3, -0.25) is 5.43 Å². The molecule has 2 aromatic carbocycles. The molecule has 0 unspecified atom stereocenters. The van der Waals surface area contributed by atoms with E-state index in [4.69, 9.17) is 9.47 Å². The number of anilines is 1. The number of ether oxygens (including phenoxy) is 3. The lowest BCUT2D eigenvalue weighted by Gasteiger charge is -2.24. The summed E-state index contributed by atoms with van der Waals surface area (Å²) in [6.45, 7) is 13.1. The molecule has 0 atom stereocenters. The van der Waals surface area contributed by atoms with Crippen LogP contribution in [0, 0.1) is 5.82 Å². The lowest BCUT2D eigenvalue weighted by Crippen LogP contribution is -2.37. The van der Waals surface area contributed by atoms with Crippen LogP contribution in [-0.4, -0.2) is 68.8 Å². The normalized spacial score (nSPS) is 12.7. The maximum Gasteiger partial charge on any atom is 0.573 e. The second-order valence-corrected chi connectivity index (χ2v) is 8.74. The first-order chi connectivity index (χ1) is 21.2. The van der Waals surface area contributed by atoms with Crippen molar-refractivity contribution in [3.8, 4) is 5.75 Å². The van der Waals surface area contributed by atoms with Gasteiger partial charge in [-0.05, 0) is 68.0 Å². The average Bonchev–Trinajstić information content (AvgIpc) is 2.96. The first-order valence-electron chi connectivity index (χ1n) is 13.4. The summed E-state index contributed by atoms with van der Waals surface area (Å²) in [5.74, 6) is -1.85. The van der Waals surface area contributed by atoms with E-state index in [0.29, 0.717) is 30.9 Å². The van der Waals surface area contributed by atoms with Crippen LogP contribution in [0.1, 0.15) is 25.0 Å². The predicted molar refractivity (Wildman–Crippen MR) is 158 cm³/mol. The molecule has 2 aromatic rings. The Balaban J connectivity index is 2.36. The van der Waals surface area contributed by atoms with Crippen molar-refractivity contribution in [1.82, 2.24) is 10.3 Å². The van der Waals surface area contributed by atoms with E-state index >= 15 is 0 Å². The van der Waals surface area contributed by atoms with Crippen LogP contribution in [0.5, 0.6) is 5.75 Å². The zero-order valence-corrected chi connectivity index (χ0v) is 24.5.